The van der Waals surface area contributed by atoms with Crippen LogP contribution in [0.25, 0.3) is 0 Å². The van der Waals surface area contributed by atoms with E-state index in [1.807, 2.05) is 31.2 Å². The summed E-state index contributed by atoms with van der Waals surface area (Å²) in [5.41, 5.74) is 2.79. The van der Waals surface area contributed by atoms with Gasteiger partial charge in [0.15, 0.2) is 0 Å². The minimum Gasteiger partial charge on any atom is -0.388 e. The Morgan fingerprint density at radius 1 is 1.17 bits per heavy atom. The van der Waals surface area contributed by atoms with Gasteiger partial charge in [0.2, 0.25) is 0 Å². The number of aliphatic hydroxyl groups excluding tert-OH is 1. The van der Waals surface area contributed by atoms with Gasteiger partial charge in [-0.2, -0.15) is 0 Å². The third-order valence-corrected chi connectivity index (χ3v) is 3.59. The van der Waals surface area contributed by atoms with Crippen molar-refractivity contribution in [2.75, 3.05) is 0 Å². The molecule has 2 aromatic rings. The lowest BCUT2D eigenvalue weighted by Gasteiger charge is -2.13. The maximum atomic E-state index is 13.2. The van der Waals surface area contributed by atoms with Gasteiger partial charge < -0.3 is 5.11 Å². The summed E-state index contributed by atoms with van der Waals surface area (Å²) >= 11 is 3.33. The van der Waals surface area contributed by atoms with Gasteiger partial charge in [-0.05, 0) is 36.2 Å². The molecule has 0 fully saturated rings. The Bertz CT molecular complexity index is 537. The zero-order valence-corrected chi connectivity index (χ0v) is 11.6. The number of hydrogen-bond donors (Lipinski definition) is 1. The molecule has 0 saturated heterocycles. The van der Waals surface area contributed by atoms with E-state index in [9.17, 15) is 9.50 Å². The Morgan fingerprint density at radius 3 is 2.50 bits per heavy atom. The fourth-order valence-corrected chi connectivity index (χ4v) is 2.34. The summed E-state index contributed by atoms with van der Waals surface area (Å²) < 4.78 is 13.9. The molecule has 0 radical (unpaired) electrons. The fraction of sp³-hybridized carbons (Fsp3) is 0.200. The molecule has 0 saturated carbocycles. The van der Waals surface area contributed by atoms with Crippen molar-refractivity contribution in [2.45, 2.75) is 19.4 Å². The molecule has 1 atom stereocenters. The first-order valence-electron chi connectivity index (χ1n) is 5.75. The molecule has 0 heterocycles. The normalized spacial score (nSPS) is 12.4. The molecule has 1 unspecified atom stereocenters. The largest absolute Gasteiger partial charge is 0.388 e. The molecular weight excluding hydrogens is 295 g/mol. The van der Waals surface area contributed by atoms with E-state index in [0.717, 1.165) is 10.0 Å². The van der Waals surface area contributed by atoms with Gasteiger partial charge in [0, 0.05) is 10.9 Å². The summed E-state index contributed by atoms with van der Waals surface area (Å²) in [6, 6.07) is 12.3. The summed E-state index contributed by atoms with van der Waals surface area (Å²) in [4.78, 5) is 0. The molecule has 0 aromatic heterocycles. The highest BCUT2D eigenvalue weighted by atomic mass is 79.9. The highest BCUT2D eigenvalue weighted by molar-refractivity contribution is 9.10. The summed E-state index contributed by atoms with van der Waals surface area (Å²) in [6.45, 7) is 2.02. The second kappa shape index (κ2) is 5.63. The van der Waals surface area contributed by atoms with E-state index in [2.05, 4.69) is 15.9 Å². The molecule has 0 spiro atoms. The maximum Gasteiger partial charge on any atom is 0.123 e. The topological polar surface area (TPSA) is 20.2 Å². The fourth-order valence-electron chi connectivity index (χ4n) is 1.83. The molecule has 0 amide bonds. The zero-order chi connectivity index (χ0) is 13.1. The van der Waals surface area contributed by atoms with Gasteiger partial charge in [-0.1, -0.05) is 45.8 Å². The highest BCUT2D eigenvalue weighted by Gasteiger charge is 2.13. The first-order chi connectivity index (χ1) is 8.56. The first-order valence-corrected chi connectivity index (χ1v) is 6.54. The van der Waals surface area contributed by atoms with Crippen LogP contribution >= 0.6 is 15.9 Å². The Labute approximate surface area is 114 Å². The van der Waals surface area contributed by atoms with Crippen LogP contribution in [0.15, 0.2) is 46.9 Å². The first kappa shape index (κ1) is 13.2. The van der Waals surface area contributed by atoms with E-state index in [-0.39, 0.29) is 5.82 Å². The second-order valence-corrected chi connectivity index (χ2v) is 5.23. The third-order valence-electron chi connectivity index (χ3n) is 2.87. The Balaban J connectivity index is 2.18. The molecule has 18 heavy (non-hydrogen) atoms. The minimum absolute atomic E-state index is 0.337. The number of halogens is 2. The summed E-state index contributed by atoms with van der Waals surface area (Å²) in [7, 11) is 0. The van der Waals surface area contributed by atoms with E-state index in [0.29, 0.717) is 12.0 Å². The number of hydrogen-bond acceptors (Lipinski definition) is 1. The van der Waals surface area contributed by atoms with Crippen molar-refractivity contribution in [1.29, 1.82) is 0 Å². The monoisotopic (exact) mass is 308 g/mol. The van der Waals surface area contributed by atoms with Crippen molar-refractivity contribution in [3.8, 4) is 0 Å². The quantitative estimate of drug-likeness (QED) is 0.902. The maximum absolute atomic E-state index is 13.2. The van der Waals surface area contributed by atoms with Crippen molar-refractivity contribution >= 4 is 15.9 Å². The van der Waals surface area contributed by atoms with Crippen LogP contribution in [0.5, 0.6) is 0 Å². The molecule has 1 N–H and O–H groups in total. The zero-order valence-electron chi connectivity index (χ0n) is 10.0. The summed E-state index contributed by atoms with van der Waals surface area (Å²) in [5.74, 6) is -0.337. The summed E-state index contributed by atoms with van der Waals surface area (Å²) in [5, 5.41) is 10.2. The SMILES string of the molecule is Cc1ccc(CC(O)c2cc(F)ccc2Br)cc1. The lowest BCUT2D eigenvalue weighted by atomic mass is 10.0. The molecular formula is C15H14BrFO. The van der Waals surface area contributed by atoms with Crippen LogP contribution in [0.4, 0.5) is 4.39 Å². The van der Waals surface area contributed by atoms with E-state index in [1.165, 1.54) is 17.7 Å². The average Bonchev–Trinajstić information content (AvgIpc) is 2.35. The van der Waals surface area contributed by atoms with E-state index < -0.39 is 6.10 Å². The van der Waals surface area contributed by atoms with Crippen molar-refractivity contribution in [1.82, 2.24) is 0 Å². The molecule has 0 bridgehead atoms. The van der Waals surface area contributed by atoms with Gasteiger partial charge in [-0.15, -0.1) is 0 Å². The van der Waals surface area contributed by atoms with Crippen molar-refractivity contribution in [3.63, 3.8) is 0 Å². The second-order valence-electron chi connectivity index (χ2n) is 4.37. The van der Waals surface area contributed by atoms with Gasteiger partial charge in [0.25, 0.3) is 0 Å². The molecule has 0 aliphatic heterocycles. The van der Waals surface area contributed by atoms with Gasteiger partial charge >= 0.3 is 0 Å². The van der Waals surface area contributed by atoms with Crippen LogP contribution in [-0.2, 0) is 6.42 Å². The van der Waals surface area contributed by atoms with Crippen LogP contribution in [0, 0.1) is 12.7 Å². The molecule has 0 aliphatic rings. The number of rotatable bonds is 3. The Kier molecular flexibility index (Phi) is 4.15. The number of benzene rings is 2. The van der Waals surface area contributed by atoms with E-state index in [1.54, 1.807) is 6.07 Å². The number of aryl methyl sites for hydroxylation is 1. The summed E-state index contributed by atoms with van der Waals surface area (Å²) in [6.07, 6.45) is -0.236. The lowest BCUT2D eigenvalue weighted by Crippen LogP contribution is -2.03. The molecule has 2 rings (SSSR count). The molecule has 1 nitrogen and oxygen atoms in total. The predicted octanol–water partition coefficient (Wildman–Crippen LogP) is 4.17. The lowest BCUT2D eigenvalue weighted by molar-refractivity contribution is 0.177. The van der Waals surface area contributed by atoms with E-state index >= 15 is 0 Å². The van der Waals surface area contributed by atoms with Crippen molar-refractivity contribution in [3.05, 3.63) is 69.4 Å². The number of aliphatic hydroxyl groups is 1. The Hall–Kier alpha value is -1.19. The van der Waals surface area contributed by atoms with Gasteiger partial charge in [0.05, 0.1) is 6.10 Å². The Morgan fingerprint density at radius 2 is 1.83 bits per heavy atom. The molecule has 94 valence electrons. The van der Waals surface area contributed by atoms with Crippen molar-refractivity contribution in [2.24, 2.45) is 0 Å². The molecule has 0 aliphatic carbocycles. The van der Waals surface area contributed by atoms with Crippen molar-refractivity contribution < 1.29 is 9.50 Å². The third kappa shape index (κ3) is 3.18. The molecule has 2 aromatic carbocycles. The van der Waals surface area contributed by atoms with Gasteiger partial charge in [-0.25, -0.2) is 4.39 Å². The standard InChI is InChI=1S/C15H14BrFO/c1-10-2-4-11(5-3-10)8-15(18)13-9-12(17)6-7-14(13)16/h2-7,9,15,18H,8H2,1H3. The highest BCUT2D eigenvalue weighted by Crippen LogP contribution is 2.26. The average molecular weight is 309 g/mol. The molecule has 3 heteroatoms. The van der Waals surface area contributed by atoms with Gasteiger partial charge in [-0.3, -0.25) is 0 Å². The van der Waals surface area contributed by atoms with Crippen LogP contribution in [0.1, 0.15) is 22.8 Å². The van der Waals surface area contributed by atoms with E-state index in [4.69, 9.17) is 0 Å². The van der Waals surface area contributed by atoms with Crippen LogP contribution in [-0.4, -0.2) is 5.11 Å². The van der Waals surface area contributed by atoms with Crippen LogP contribution in [0.3, 0.4) is 0 Å². The predicted molar refractivity (Wildman–Crippen MR) is 73.9 cm³/mol. The smallest absolute Gasteiger partial charge is 0.123 e. The minimum atomic E-state index is -0.710. The van der Waals surface area contributed by atoms with Crippen LogP contribution < -0.4 is 0 Å². The van der Waals surface area contributed by atoms with Gasteiger partial charge in [0.1, 0.15) is 5.82 Å². The van der Waals surface area contributed by atoms with Crippen LogP contribution in [0.2, 0.25) is 0 Å².